The lowest BCUT2D eigenvalue weighted by Crippen LogP contribution is -2.22. The predicted molar refractivity (Wildman–Crippen MR) is 65.5 cm³/mol. The third-order valence-corrected chi connectivity index (χ3v) is 2.89. The lowest BCUT2D eigenvalue weighted by Gasteiger charge is -2.19. The molecule has 17 heavy (non-hydrogen) atoms. The van der Waals surface area contributed by atoms with Crippen molar-refractivity contribution in [2.45, 2.75) is 25.7 Å². The molecule has 2 unspecified atom stereocenters. The van der Waals surface area contributed by atoms with E-state index in [1.54, 1.807) is 0 Å². The Morgan fingerprint density at radius 1 is 1.35 bits per heavy atom. The molecule has 0 N–H and O–H groups in total. The number of nitro groups is 1. The summed E-state index contributed by atoms with van der Waals surface area (Å²) in [5.41, 5.74) is 0.870. The minimum absolute atomic E-state index is 0.187. The molecule has 0 aromatic heterocycles. The van der Waals surface area contributed by atoms with Gasteiger partial charge in [0.05, 0.1) is 5.92 Å². The van der Waals surface area contributed by atoms with E-state index in [0.717, 1.165) is 18.3 Å². The Morgan fingerprint density at radius 2 is 2.00 bits per heavy atom. The van der Waals surface area contributed by atoms with Crippen LogP contribution in [0, 0.1) is 16.0 Å². The monoisotopic (exact) mass is 235 g/mol. The lowest BCUT2D eigenvalue weighted by atomic mass is 9.84. The van der Waals surface area contributed by atoms with Crippen LogP contribution in [0.3, 0.4) is 0 Å². The van der Waals surface area contributed by atoms with Crippen molar-refractivity contribution in [3.05, 3.63) is 46.0 Å². The summed E-state index contributed by atoms with van der Waals surface area (Å²) in [7, 11) is 0. The van der Waals surface area contributed by atoms with Crippen LogP contribution in [-0.2, 0) is 4.79 Å². The van der Waals surface area contributed by atoms with Gasteiger partial charge in [0.1, 0.15) is 6.29 Å². The summed E-state index contributed by atoms with van der Waals surface area (Å²) >= 11 is 0. The largest absolute Gasteiger partial charge is 0.303 e. The van der Waals surface area contributed by atoms with Gasteiger partial charge >= 0.3 is 0 Å². The molecule has 0 radical (unpaired) electrons. The average Bonchev–Trinajstić information content (AvgIpc) is 2.34. The maximum atomic E-state index is 11.1. The summed E-state index contributed by atoms with van der Waals surface area (Å²) < 4.78 is 0. The first kappa shape index (κ1) is 13.4. The molecule has 1 rings (SSSR count). The summed E-state index contributed by atoms with van der Waals surface area (Å²) in [6.45, 7) is 1.79. The molecule has 0 bridgehead atoms. The van der Waals surface area contributed by atoms with Gasteiger partial charge in [-0.05, 0) is 12.0 Å². The first-order chi connectivity index (χ1) is 8.19. The van der Waals surface area contributed by atoms with Crippen LogP contribution in [0.25, 0.3) is 0 Å². The van der Waals surface area contributed by atoms with Gasteiger partial charge in [0.15, 0.2) is 0 Å². The van der Waals surface area contributed by atoms with E-state index >= 15 is 0 Å². The molecule has 0 amide bonds. The number of hydrogen-bond acceptors (Lipinski definition) is 3. The van der Waals surface area contributed by atoms with Crippen LogP contribution < -0.4 is 0 Å². The van der Waals surface area contributed by atoms with Crippen molar-refractivity contribution in [3.8, 4) is 0 Å². The van der Waals surface area contributed by atoms with Crippen molar-refractivity contribution in [3.63, 3.8) is 0 Å². The molecule has 0 aliphatic rings. The minimum Gasteiger partial charge on any atom is -0.303 e. The summed E-state index contributed by atoms with van der Waals surface area (Å²) in [6, 6.07) is 9.25. The van der Waals surface area contributed by atoms with Gasteiger partial charge < -0.3 is 4.79 Å². The van der Waals surface area contributed by atoms with Gasteiger partial charge in [-0.1, -0.05) is 43.7 Å². The Bertz CT molecular complexity index is 364. The van der Waals surface area contributed by atoms with Gasteiger partial charge in [-0.3, -0.25) is 10.1 Å². The predicted octanol–water partition coefficient (Wildman–Crippen LogP) is 2.66. The van der Waals surface area contributed by atoms with E-state index in [4.69, 9.17) is 0 Å². The van der Waals surface area contributed by atoms with Gasteiger partial charge in [-0.2, -0.15) is 0 Å². The number of carbonyl (C=O) groups excluding carboxylic acids is 1. The van der Waals surface area contributed by atoms with Crippen molar-refractivity contribution < 1.29 is 9.72 Å². The average molecular weight is 235 g/mol. The number of hydrogen-bond donors (Lipinski definition) is 0. The number of rotatable bonds is 7. The Morgan fingerprint density at radius 3 is 2.47 bits per heavy atom. The number of benzene rings is 1. The van der Waals surface area contributed by atoms with Crippen molar-refractivity contribution in [1.29, 1.82) is 0 Å². The zero-order valence-corrected chi connectivity index (χ0v) is 9.91. The Hall–Kier alpha value is -1.71. The van der Waals surface area contributed by atoms with E-state index in [1.807, 2.05) is 37.3 Å². The van der Waals surface area contributed by atoms with E-state index in [0.29, 0.717) is 6.42 Å². The second kappa shape index (κ2) is 6.78. The van der Waals surface area contributed by atoms with Gasteiger partial charge in [0.25, 0.3) is 0 Å². The zero-order chi connectivity index (χ0) is 12.7. The van der Waals surface area contributed by atoms with Crippen molar-refractivity contribution in [1.82, 2.24) is 0 Å². The fraction of sp³-hybridized carbons (Fsp3) is 0.462. The molecule has 0 aliphatic carbocycles. The van der Waals surface area contributed by atoms with Gasteiger partial charge in [-0.15, -0.1) is 0 Å². The molecule has 2 atom stereocenters. The van der Waals surface area contributed by atoms with E-state index in [1.165, 1.54) is 0 Å². The van der Waals surface area contributed by atoms with Gasteiger partial charge in [0, 0.05) is 10.8 Å². The van der Waals surface area contributed by atoms with Crippen molar-refractivity contribution in [2.24, 2.45) is 5.92 Å². The molecule has 4 heteroatoms. The zero-order valence-electron chi connectivity index (χ0n) is 9.91. The van der Waals surface area contributed by atoms with Crippen LogP contribution in [0.2, 0.25) is 0 Å². The molecule has 0 aliphatic heterocycles. The SMILES string of the molecule is CCCC(C=O)C(C[N+](=O)[O-])c1ccccc1. The molecule has 0 saturated carbocycles. The normalized spacial score (nSPS) is 13.9. The van der Waals surface area contributed by atoms with Crippen LogP contribution in [0.5, 0.6) is 0 Å². The Kier molecular flexibility index (Phi) is 5.33. The van der Waals surface area contributed by atoms with Crippen molar-refractivity contribution in [2.75, 3.05) is 6.54 Å². The highest BCUT2D eigenvalue weighted by atomic mass is 16.6. The summed E-state index contributed by atoms with van der Waals surface area (Å²) in [5.74, 6) is -0.587. The highest BCUT2D eigenvalue weighted by Crippen LogP contribution is 2.27. The van der Waals surface area contributed by atoms with Gasteiger partial charge in [-0.25, -0.2) is 0 Å². The highest BCUT2D eigenvalue weighted by Gasteiger charge is 2.26. The maximum Gasteiger partial charge on any atom is 0.211 e. The first-order valence-corrected chi connectivity index (χ1v) is 5.81. The van der Waals surface area contributed by atoms with Gasteiger partial charge in [0.2, 0.25) is 6.54 Å². The molecular weight excluding hydrogens is 218 g/mol. The quantitative estimate of drug-likeness (QED) is 0.414. The van der Waals surface area contributed by atoms with Crippen LogP contribution >= 0.6 is 0 Å². The standard InChI is InChI=1S/C13H17NO3/c1-2-6-12(10-15)13(9-14(16)17)11-7-4-3-5-8-11/h3-5,7-8,10,12-13H,2,6,9H2,1H3. The topological polar surface area (TPSA) is 60.2 Å². The molecule has 0 fully saturated rings. The third-order valence-electron chi connectivity index (χ3n) is 2.89. The molecule has 92 valence electrons. The second-order valence-corrected chi connectivity index (χ2v) is 4.12. The first-order valence-electron chi connectivity index (χ1n) is 5.81. The molecule has 4 nitrogen and oxygen atoms in total. The molecule has 0 heterocycles. The molecule has 1 aromatic carbocycles. The lowest BCUT2D eigenvalue weighted by molar-refractivity contribution is -0.484. The van der Waals surface area contributed by atoms with E-state index in [-0.39, 0.29) is 23.3 Å². The fourth-order valence-electron chi connectivity index (χ4n) is 2.05. The van der Waals surface area contributed by atoms with Crippen LogP contribution in [0.4, 0.5) is 0 Å². The van der Waals surface area contributed by atoms with E-state index in [2.05, 4.69) is 0 Å². The smallest absolute Gasteiger partial charge is 0.211 e. The Labute approximate surface area is 101 Å². The van der Waals surface area contributed by atoms with Crippen LogP contribution in [0.15, 0.2) is 30.3 Å². The van der Waals surface area contributed by atoms with E-state index < -0.39 is 0 Å². The van der Waals surface area contributed by atoms with Crippen LogP contribution in [-0.4, -0.2) is 17.8 Å². The second-order valence-electron chi connectivity index (χ2n) is 4.12. The third kappa shape index (κ3) is 3.98. The van der Waals surface area contributed by atoms with Crippen LogP contribution in [0.1, 0.15) is 31.2 Å². The number of aldehydes is 1. The summed E-state index contributed by atoms with van der Waals surface area (Å²) in [5, 5.41) is 10.7. The fourth-order valence-corrected chi connectivity index (χ4v) is 2.05. The molecule has 0 saturated heterocycles. The summed E-state index contributed by atoms with van der Waals surface area (Å²) in [4.78, 5) is 21.4. The molecular formula is C13H17NO3. The Balaban J connectivity index is 2.93. The number of nitrogens with zero attached hydrogens (tertiary/aromatic N) is 1. The number of carbonyl (C=O) groups is 1. The summed E-state index contributed by atoms with van der Waals surface area (Å²) in [6.07, 6.45) is 2.39. The minimum atomic E-state index is -0.343. The van der Waals surface area contributed by atoms with Crippen molar-refractivity contribution >= 4 is 6.29 Å². The molecule has 0 spiro atoms. The van der Waals surface area contributed by atoms with E-state index in [9.17, 15) is 14.9 Å². The highest BCUT2D eigenvalue weighted by molar-refractivity contribution is 5.56. The maximum absolute atomic E-state index is 11.1. The molecule has 1 aromatic rings.